The highest BCUT2D eigenvalue weighted by molar-refractivity contribution is 7.99. The zero-order valence-corrected chi connectivity index (χ0v) is 21.0. The van der Waals surface area contributed by atoms with E-state index in [4.69, 9.17) is 9.47 Å². The summed E-state index contributed by atoms with van der Waals surface area (Å²) in [5, 5.41) is 0. The molecule has 3 saturated heterocycles. The van der Waals surface area contributed by atoms with E-state index in [1.807, 2.05) is 37.8 Å². The first-order valence-corrected chi connectivity index (χ1v) is 12.9. The van der Waals surface area contributed by atoms with Crippen LogP contribution in [-0.2, 0) is 9.53 Å². The van der Waals surface area contributed by atoms with Gasteiger partial charge in [0.1, 0.15) is 17.4 Å². The number of hydrogen-bond acceptors (Lipinski definition) is 7. The van der Waals surface area contributed by atoms with Crippen LogP contribution in [0.4, 0.5) is 10.5 Å². The van der Waals surface area contributed by atoms with Crippen molar-refractivity contribution in [3.05, 3.63) is 24.3 Å². The molecule has 33 heavy (non-hydrogen) atoms. The Morgan fingerprint density at radius 2 is 1.73 bits per heavy atom. The number of rotatable bonds is 4. The van der Waals surface area contributed by atoms with Crippen LogP contribution >= 0.6 is 11.8 Å². The molecular formula is C24H36N4O4S. The largest absolute Gasteiger partial charge is 0.497 e. The van der Waals surface area contributed by atoms with Crippen LogP contribution in [0, 0.1) is 0 Å². The summed E-state index contributed by atoms with van der Waals surface area (Å²) in [6.45, 7) is 10.5. The monoisotopic (exact) mass is 476 g/mol. The summed E-state index contributed by atoms with van der Waals surface area (Å²) in [6, 6.07) is 7.89. The number of likely N-dealkylation sites (tertiary alicyclic amines) is 1. The minimum absolute atomic E-state index is 0.0604. The molecule has 0 aromatic heterocycles. The molecule has 0 radical (unpaired) electrons. The summed E-state index contributed by atoms with van der Waals surface area (Å²) in [6.07, 6.45) is 0.286. The summed E-state index contributed by atoms with van der Waals surface area (Å²) in [4.78, 5) is 34.6. The van der Waals surface area contributed by atoms with Crippen molar-refractivity contribution in [2.45, 2.75) is 44.9 Å². The highest BCUT2D eigenvalue weighted by atomic mass is 32.2. The number of benzene rings is 1. The summed E-state index contributed by atoms with van der Waals surface area (Å²) < 4.78 is 10.9. The van der Waals surface area contributed by atoms with E-state index in [-0.39, 0.29) is 18.0 Å². The number of carbonyl (C=O) groups is 2. The van der Waals surface area contributed by atoms with Crippen molar-refractivity contribution in [3.63, 3.8) is 0 Å². The zero-order chi connectivity index (χ0) is 23.6. The van der Waals surface area contributed by atoms with Crippen molar-refractivity contribution in [2.24, 2.45) is 0 Å². The Hall–Kier alpha value is -2.13. The fourth-order valence-corrected chi connectivity index (χ4v) is 5.73. The SMILES string of the molecule is COc1ccc(N2CCN([C@H]3C[C@@H](C(=O)N4CCSC4)N(C(=O)OC(C)(C)C)C3)CC2)cc1. The van der Waals surface area contributed by atoms with Gasteiger partial charge in [-0.1, -0.05) is 0 Å². The Balaban J connectivity index is 1.41. The zero-order valence-electron chi connectivity index (χ0n) is 20.2. The molecule has 9 heteroatoms. The van der Waals surface area contributed by atoms with Gasteiger partial charge in [-0.2, -0.15) is 0 Å². The highest BCUT2D eigenvalue weighted by Crippen LogP contribution is 2.29. The Morgan fingerprint density at radius 1 is 1.03 bits per heavy atom. The molecule has 0 aliphatic carbocycles. The molecule has 0 N–H and O–H groups in total. The maximum atomic E-state index is 13.3. The number of ether oxygens (including phenoxy) is 2. The van der Waals surface area contributed by atoms with E-state index >= 15 is 0 Å². The number of methoxy groups -OCH3 is 1. The predicted molar refractivity (Wildman–Crippen MR) is 131 cm³/mol. The van der Waals surface area contributed by atoms with Crippen LogP contribution in [0.5, 0.6) is 5.75 Å². The van der Waals surface area contributed by atoms with E-state index in [1.165, 1.54) is 5.69 Å². The number of thioether (sulfide) groups is 1. The molecule has 4 rings (SSSR count). The van der Waals surface area contributed by atoms with Gasteiger partial charge in [-0.15, -0.1) is 11.8 Å². The van der Waals surface area contributed by atoms with Crippen molar-refractivity contribution >= 4 is 29.4 Å². The lowest BCUT2D eigenvalue weighted by Gasteiger charge is -2.39. The smallest absolute Gasteiger partial charge is 0.411 e. The molecule has 3 aliphatic rings. The average Bonchev–Trinajstić information content (AvgIpc) is 3.48. The van der Waals surface area contributed by atoms with Gasteiger partial charge in [0.25, 0.3) is 0 Å². The third kappa shape index (κ3) is 5.69. The summed E-state index contributed by atoms with van der Waals surface area (Å²) in [5.74, 6) is 2.59. The average molecular weight is 477 g/mol. The lowest BCUT2D eigenvalue weighted by Crippen LogP contribution is -2.51. The number of carbonyl (C=O) groups excluding carboxylic acids is 2. The van der Waals surface area contributed by atoms with Crippen LogP contribution in [0.3, 0.4) is 0 Å². The molecule has 0 unspecified atom stereocenters. The molecule has 182 valence electrons. The number of amides is 2. The molecule has 3 aliphatic heterocycles. The second kappa shape index (κ2) is 10.0. The minimum Gasteiger partial charge on any atom is -0.497 e. The van der Waals surface area contributed by atoms with Crippen molar-refractivity contribution in [1.29, 1.82) is 0 Å². The van der Waals surface area contributed by atoms with Gasteiger partial charge in [-0.3, -0.25) is 14.6 Å². The van der Waals surface area contributed by atoms with Crippen molar-refractivity contribution < 1.29 is 19.1 Å². The molecule has 3 fully saturated rings. The van der Waals surface area contributed by atoms with Crippen LogP contribution < -0.4 is 9.64 Å². The van der Waals surface area contributed by atoms with E-state index in [0.29, 0.717) is 18.8 Å². The Labute approximate surface area is 201 Å². The maximum absolute atomic E-state index is 13.3. The Bertz CT molecular complexity index is 830. The van der Waals surface area contributed by atoms with Gasteiger partial charge in [0.15, 0.2) is 0 Å². The summed E-state index contributed by atoms with van der Waals surface area (Å²) in [5.41, 5.74) is 0.604. The molecule has 1 aromatic rings. The molecule has 0 bridgehead atoms. The number of anilines is 1. The second-order valence-electron chi connectivity index (χ2n) is 9.90. The highest BCUT2D eigenvalue weighted by Gasteiger charge is 2.45. The lowest BCUT2D eigenvalue weighted by molar-refractivity contribution is -0.134. The molecule has 0 spiro atoms. The van der Waals surface area contributed by atoms with Gasteiger partial charge in [0.2, 0.25) is 5.91 Å². The number of nitrogens with zero attached hydrogens (tertiary/aromatic N) is 4. The minimum atomic E-state index is -0.587. The van der Waals surface area contributed by atoms with Gasteiger partial charge in [0, 0.05) is 56.8 Å². The second-order valence-corrected chi connectivity index (χ2v) is 11.0. The molecule has 2 atom stereocenters. The van der Waals surface area contributed by atoms with E-state index in [9.17, 15) is 9.59 Å². The normalized spacial score (nSPS) is 24.3. The summed E-state index contributed by atoms with van der Waals surface area (Å²) >= 11 is 1.76. The van der Waals surface area contributed by atoms with E-state index in [2.05, 4.69) is 21.9 Å². The molecule has 0 saturated carbocycles. The summed E-state index contributed by atoms with van der Waals surface area (Å²) in [7, 11) is 1.68. The molecule has 1 aromatic carbocycles. The van der Waals surface area contributed by atoms with Gasteiger partial charge in [0.05, 0.1) is 13.0 Å². The standard InChI is InChI=1S/C24H36N4O4S/c1-24(2,3)32-23(30)28-16-19(15-21(28)22(29)27-13-14-33-17-27)26-11-9-25(10-12-26)18-5-7-20(31-4)8-6-18/h5-8,19,21H,9-17H2,1-4H3/t19-,21-/m0/s1. The number of piperazine rings is 1. The molecule has 2 amide bonds. The third-order valence-corrected chi connectivity index (χ3v) is 7.49. The predicted octanol–water partition coefficient (Wildman–Crippen LogP) is 2.73. The van der Waals surface area contributed by atoms with Gasteiger partial charge >= 0.3 is 6.09 Å². The maximum Gasteiger partial charge on any atom is 0.411 e. The van der Waals surface area contributed by atoms with Crippen molar-refractivity contribution in [2.75, 3.05) is 62.9 Å². The third-order valence-electron chi connectivity index (χ3n) is 6.52. The van der Waals surface area contributed by atoms with Crippen LogP contribution in [0.2, 0.25) is 0 Å². The first-order chi connectivity index (χ1) is 15.7. The lowest BCUT2D eigenvalue weighted by atomic mass is 10.1. The Kier molecular flexibility index (Phi) is 7.28. The van der Waals surface area contributed by atoms with Crippen LogP contribution in [-0.4, -0.2) is 102 Å². The van der Waals surface area contributed by atoms with Crippen LogP contribution in [0.1, 0.15) is 27.2 Å². The van der Waals surface area contributed by atoms with Crippen LogP contribution in [0.15, 0.2) is 24.3 Å². The van der Waals surface area contributed by atoms with Gasteiger partial charge < -0.3 is 19.3 Å². The molecule has 3 heterocycles. The van der Waals surface area contributed by atoms with E-state index in [1.54, 1.807) is 23.8 Å². The quantitative estimate of drug-likeness (QED) is 0.662. The Morgan fingerprint density at radius 3 is 2.30 bits per heavy atom. The van der Waals surface area contributed by atoms with E-state index in [0.717, 1.165) is 44.2 Å². The molecular weight excluding hydrogens is 440 g/mol. The van der Waals surface area contributed by atoms with Gasteiger partial charge in [-0.05, 0) is 51.5 Å². The first kappa shape index (κ1) is 24.0. The fourth-order valence-electron chi connectivity index (χ4n) is 4.77. The fraction of sp³-hybridized carbons (Fsp3) is 0.667. The van der Waals surface area contributed by atoms with Crippen LogP contribution in [0.25, 0.3) is 0 Å². The topological polar surface area (TPSA) is 65.6 Å². The van der Waals surface area contributed by atoms with E-state index < -0.39 is 11.6 Å². The number of hydrogen-bond donors (Lipinski definition) is 0. The van der Waals surface area contributed by atoms with Gasteiger partial charge in [-0.25, -0.2) is 4.79 Å². The first-order valence-electron chi connectivity index (χ1n) is 11.7. The van der Waals surface area contributed by atoms with Crippen molar-refractivity contribution in [1.82, 2.24) is 14.7 Å². The molecule has 8 nitrogen and oxygen atoms in total. The van der Waals surface area contributed by atoms with Crippen molar-refractivity contribution in [3.8, 4) is 5.75 Å².